The summed E-state index contributed by atoms with van der Waals surface area (Å²) in [7, 11) is 0. The van der Waals surface area contributed by atoms with Crippen LogP contribution in [0.5, 0.6) is 0 Å². The number of rotatable bonds is 2. The quantitative estimate of drug-likeness (QED) is 0.756. The highest BCUT2D eigenvalue weighted by atomic mass is 16.1. The molecule has 21 heavy (non-hydrogen) atoms. The third-order valence-corrected chi connectivity index (χ3v) is 3.21. The number of hydrogen-bond donors (Lipinski definition) is 2. The van der Waals surface area contributed by atoms with Crippen LogP contribution in [0.1, 0.15) is 15.9 Å². The van der Waals surface area contributed by atoms with E-state index in [0.717, 1.165) is 5.39 Å². The summed E-state index contributed by atoms with van der Waals surface area (Å²) in [6.45, 7) is 1.76. The summed E-state index contributed by atoms with van der Waals surface area (Å²) in [6, 6.07) is 10.6. The molecule has 5 heteroatoms. The molecule has 0 aliphatic carbocycles. The van der Waals surface area contributed by atoms with Crippen LogP contribution in [0.25, 0.3) is 10.9 Å². The molecule has 0 saturated heterocycles. The molecule has 1 amide bonds. The summed E-state index contributed by atoms with van der Waals surface area (Å²) in [5.74, 6) is -0.239. The molecule has 1 aromatic carbocycles. The van der Waals surface area contributed by atoms with E-state index in [9.17, 15) is 9.59 Å². The molecule has 3 aromatic rings. The minimum Gasteiger partial charge on any atom is -0.322 e. The van der Waals surface area contributed by atoms with Crippen LogP contribution in [0.15, 0.2) is 53.6 Å². The molecule has 0 fully saturated rings. The molecular weight excluding hydrogens is 266 g/mol. The van der Waals surface area contributed by atoms with E-state index in [1.807, 2.05) is 12.1 Å². The van der Waals surface area contributed by atoms with Gasteiger partial charge in [0.1, 0.15) is 0 Å². The number of carbonyl (C=O) groups excluding carboxylic acids is 1. The predicted octanol–water partition coefficient (Wildman–Crippen LogP) is 2.48. The number of nitrogens with one attached hydrogen (secondary N) is 2. The zero-order chi connectivity index (χ0) is 14.8. The minimum atomic E-state index is -0.239. The van der Waals surface area contributed by atoms with Crippen molar-refractivity contribution in [1.82, 2.24) is 9.97 Å². The fraction of sp³-hybridized carbons (Fsp3) is 0.0625. The molecule has 2 heterocycles. The number of hydrogen-bond acceptors (Lipinski definition) is 3. The van der Waals surface area contributed by atoms with Gasteiger partial charge in [-0.05, 0) is 42.6 Å². The maximum Gasteiger partial charge on any atom is 0.257 e. The molecular formula is C16H13N3O2. The van der Waals surface area contributed by atoms with E-state index >= 15 is 0 Å². The van der Waals surface area contributed by atoms with E-state index in [-0.39, 0.29) is 11.5 Å². The Morgan fingerprint density at radius 3 is 2.86 bits per heavy atom. The number of amides is 1. The smallest absolute Gasteiger partial charge is 0.257 e. The van der Waals surface area contributed by atoms with Crippen LogP contribution in [-0.4, -0.2) is 15.9 Å². The van der Waals surface area contributed by atoms with Gasteiger partial charge in [0.15, 0.2) is 0 Å². The minimum absolute atomic E-state index is 0.127. The Labute approximate surface area is 120 Å². The van der Waals surface area contributed by atoms with Crippen LogP contribution < -0.4 is 10.9 Å². The van der Waals surface area contributed by atoms with Gasteiger partial charge in [0, 0.05) is 23.6 Å². The topological polar surface area (TPSA) is 74.8 Å². The molecule has 0 radical (unpaired) electrons. The molecule has 0 unspecified atom stereocenters. The number of fused-ring (bicyclic) bond motifs is 1. The van der Waals surface area contributed by atoms with Gasteiger partial charge in [-0.3, -0.25) is 14.6 Å². The van der Waals surface area contributed by atoms with Gasteiger partial charge in [0.2, 0.25) is 0 Å². The lowest BCUT2D eigenvalue weighted by Gasteiger charge is -2.06. The fourth-order valence-corrected chi connectivity index (χ4v) is 2.09. The van der Waals surface area contributed by atoms with Gasteiger partial charge in [-0.1, -0.05) is 6.07 Å². The van der Waals surface area contributed by atoms with Crippen LogP contribution in [0.3, 0.4) is 0 Å². The Hall–Kier alpha value is -2.95. The van der Waals surface area contributed by atoms with Gasteiger partial charge < -0.3 is 10.3 Å². The predicted molar refractivity (Wildman–Crippen MR) is 81.5 cm³/mol. The Kier molecular flexibility index (Phi) is 3.23. The molecule has 5 nitrogen and oxygen atoms in total. The number of aromatic nitrogens is 2. The Balaban J connectivity index is 1.93. The Morgan fingerprint density at radius 2 is 2.10 bits per heavy atom. The molecule has 0 aliphatic heterocycles. The van der Waals surface area contributed by atoms with Crippen LogP contribution in [0, 0.1) is 6.92 Å². The van der Waals surface area contributed by atoms with E-state index in [1.165, 1.54) is 6.20 Å². The first-order valence-electron chi connectivity index (χ1n) is 6.48. The molecule has 0 bridgehead atoms. The van der Waals surface area contributed by atoms with Crippen molar-refractivity contribution in [3.63, 3.8) is 0 Å². The number of nitrogens with zero attached hydrogens (tertiary/aromatic N) is 1. The molecule has 2 N–H and O–H groups in total. The van der Waals surface area contributed by atoms with Crippen molar-refractivity contribution in [1.29, 1.82) is 0 Å². The second-order valence-corrected chi connectivity index (χ2v) is 4.78. The second-order valence-electron chi connectivity index (χ2n) is 4.78. The van der Waals surface area contributed by atoms with Gasteiger partial charge >= 0.3 is 0 Å². The lowest BCUT2D eigenvalue weighted by Crippen LogP contribution is -2.12. The van der Waals surface area contributed by atoms with Crippen molar-refractivity contribution in [2.24, 2.45) is 0 Å². The maximum atomic E-state index is 12.0. The SMILES string of the molecule is Cc1cc2ccc(NC(=O)c3cccnc3)cc2[nH]c1=O. The van der Waals surface area contributed by atoms with Crippen molar-refractivity contribution >= 4 is 22.5 Å². The molecule has 0 saturated carbocycles. The first kappa shape index (κ1) is 13.1. The van der Waals surface area contributed by atoms with Crippen molar-refractivity contribution in [3.8, 4) is 0 Å². The number of H-pyrrole nitrogens is 1. The number of carbonyl (C=O) groups is 1. The lowest BCUT2D eigenvalue weighted by molar-refractivity contribution is 0.102. The number of pyridine rings is 2. The van der Waals surface area contributed by atoms with Crippen LogP contribution in [-0.2, 0) is 0 Å². The van der Waals surface area contributed by atoms with E-state index in [0.29, 0.717) is 22.3 Å². The highest BCUT2D eigenvalue weighted by Crippen LogP contribution is 2.17. The number of aromatic amines is 1. The molecule has 0 aliphatic rings. The highest BCUT2D eigenvalue weighted by Gasteiger charge is 2.06. The van der Waals surface area contributed by atoms with E-state index in [1.54, 1.807) is 37.4 Å². The first-order chi connectivity index (χ1) is 10.1. The third kappa shape index (κ3) is 2.67. The van der Waals surface area contributed by atoms with E-state index in [2.05, 4.69) is 15.3 Å². The van der Waals surface area contributed by atoms with Crippen LogP contribution in [0.4, 0.5) is 5.69 Å². The lowest BCUT2D eigenvalue weighted by atomic mass is 10.1. The number of aryl methyl sites for hydroxylation is 1. The molecule has 104 valence electrons. The average Bonchev–Trinajstić information content (AvgIpc) is 2.49. The monoisotopic (exact) mass is 279 g/mol. The van der Waals surface area contributed by atoms with Crippen LogP contribution in [0.2, 0.25) is 0 Å². The standard InChI is InChI=1S/C16H13N3O2/c1-10-7-11-4-5-13(8-14(11)19-15(10)20)18-16(21)12-3-2-6-17-9-12/h2-9H,1H3,(H,18,21)(H,19,20). The zero-order valence-electron chi connectivity index (χ0n) is 11.4. The summed E-state index contributed by atoms with van der Waals surface area (Å²) < 4.78 is 0. The highest BCUT2D eigenvalue weighted by molar-refractivity contribution is 6.04. The van der Waals surface area contributed by atoms with Gasteiger partial charge in [-0.15, -0.1) is 0 Å². The summed E-state index contributed by atoms with van der Waals surface area (Å²) in [6.07, 6.45) is 3.11. The number of anilines is 1. The van der Waals surface area contributed by atoms with E-state index in [4.69, 9.17) is 0 Å². The normalized spacial score (nSPS) is 10.5. The number of benzene rings is 1. The van der Waals surface area contributed by atoms with Gasteiger partial charge in [0.25, 0.3) is 11.5 Å². The average molecular weight is 279 g/mol. The van der Waals surface area contributed by atoms with Gasteiger partial charge in [0.05, 0.1) is 11.1 Å². The summed E-state index contributed by atoms with van der Waals surface area (Å²) in [4.78, 5) is 30.4. The Morgan fingerprint density at radius 1 is 1.24 bits per heavy atom. The summed E-state index contributed by atoms with van der Waals surface area (Å²) in [5.41, 5.74) is 2.33. The third-order valence-electron chi connectivity index (χ3n) is 3.21. The Bertz CT molecular complexity index is 870. The van der Waals surface area contributed by atoms with Crippen molar-refractivity contribution in [3.05, 3.63) is 70.3 Å². The van der Waals surface area contributed by atoms with E-state index < -0.39 is 0 Å². The van der Waals surface area contributed by atoms with Gasteiger partial charge in [-0.25, -0.2) is 0 Å². The molecule has 3 rings (SSSR count). The largest absolute Gasteiger partial charge is 0.322 e. The van der Waals surface area contributed by atoms with Crippen molar-refractivity contribution in [2.75, 3.05) is 5.32 Å². The maximum absolute atomic E-state index is 12.0. The zero-order valence-corrected chi connectivity index (χ0v) is 11.4. The molecule has 0 spiro atoms. The van der Waals surface area contributed by atoms with Gasteiger partial charge in [-0.2, -0.15) is 0 Å². The van der Waals surface area contributed by atoms with Crippen molar-refractivity contribution < 1.29 is 4.79 Å². The van der Waals surface area contributed by atoms with Crippen molar-refractivity contribution in [2.45, 2.75) is 6.92 Å². The second kappa shape index (κ2) is 5.20. The molecule has 0 atom stereocenters. The fourth-order valence-electron chi connectivity index (χ4n) is 2.09. The summed E-state index contributed by atoms with van der Waals surface area (Å²) in [5, 5.41) is 3.71. The molecule has 2 aromatic heterocycles. The van der Waals surface area contributed by atoms with Crippen LogP contribution >= 0.6 is 0 Å². The first-order valence-corrected chi connectivity index (χ1v) is 6.48. The summed E-state index contributed by atoms with van der Waals surface area (Å²) >= 11 is 0.